The van der Waals surface area contributed by atoms with Crippen LogP contribution >= 0.6 is 22.7 Å². The lowest BCUT2D eigenvalue weighted by Crippen LogP contribution is -2.52. The molecule has 0 radical (unpaired) electrons. The van der Waals surface area contributed by atoms with Gasteiger partial charge < -0.3 is 10.6 Å². The summed E-state index contributed by atoms with van der Waals surface area (Å²) >= 11 is 3.03. The molecule has 3 aromatic heterocycles. The Hall–Kier alpha value is -2.64. The van der Waals surface area contributed by atoms with Crippen LogP contribution in [0.2, 0.25) is 0 Å². The van der Waals surface area contributed by atoms with Crippen molar-refractivity contribution in [1.82, 2.24) is 30.2 Å². The first-order valence-corrected chi connectivity index (χ1v) is 13.0. The number of fused-ring (bicyclic) bond motifs is 2. The van der Waals surface area contributed by atoms with Crippen LogP contribution in [-0.4, -0.2) is 61.6 Å². The van der Waals surface area contributed by atoms with E-state index in [2.05, 4.69) is 30.6 Å². The fourth-order valence-electron chi connectivity index (χ4n) is 4.94. The first-order valence-electron chi connectivity index (χ1n) is 11.3. The van der Waals surface area contributed by atoms with Gasteiger partial charge in [-0.15, -0.1) is 22.7 Å². The van der Waals surface area contributed by atoms with E-state index in [0.29, 0.717) is 23.8 Å². The first kappa shape index (κ1) is 24.1. The van der Waals surface area contributed by atoms with Crippen molar-refractivity contribution in [3.63, 3.8) is 0 Å². The molecular weight excluding hydrogens is 499 g/mol. The van der Waals surface area contributed by atoms with Crippen LogP contribution < -0.4 is 10.6 Å². The maximum atomic E-state index is 12.9. The summed E-state index contributed by atoms with van der Waals surface area (Å²) in [6, 6.07) is -0.477. The van der Waals surface area contributed by atoms with E-state index < -0.39 is 12.7 Å². The molecule has 5 heterocycles. The SMILES string of the molecule is Cc1nc(C)c(-c2csc(Nc3cnc(C(=O)NC4CC5CC[C@H](C4)N5CC(F)(F)F)cn3)n2)s1. The van der Waals surface area contributed by atoms with Gasteiger partial charge in [0.2, 0.25) is 0 Å². The summed E-state index contributed by atoms with van der Waals surface area (Å²) in [7, 11) is 0. The number of piperidine rings is 1. The van der Waals surface area contributed by atoms with Crippen molar-refractivity contribution in [3.05, 3.63) is 34.2 Å². The van der Waals surface area contributed by atoms with Crippen LogP contribution in [0.4, 0.5) is 24.1 Å². The number of hydrogen-bond acceptors (Lipinski definition) is 9. The summed E-state index contributed by atoms with van der Waals surface area (Å²) < 4.78 is 38.6. The van der Waals surface area contributed by atoms with E-state index in [-0.39, 0.29) is 29.7 Å². The van der Waals surface area contributed by atoms with Crippen LogP contribution in [0.3, 0.4) is 0 Å². The maximum absolute atomic E-state index is 12.9. The fourth-order valence-corrected chi connectivity index (χ4v) is 6.60. The summed E-state index contributed by atoms with van der Waals surface area (Å²) in [5, 5.41) is 9.62. The average Bonchev–Trinajstić information content (AvgIpc) is 3.43. The summed E-state index contributed by atoms with van der Waals surface area (Å²) in [5.74, 6) is 0.0865. The highest BCUT2D eigenvalue weighted by molar-refractivity contribution is 7.16. The Labute approximate surface area is 208 Å². The van der Waals surface area contributed by atoms with Crippen molar-refractivity contribution in [1.29, 1.82) is 0 Å². The van der Waals surface area contributed by atoms with Gasteiger partial charge in [0, 0.05) is 23.5 Å². The van der Waals surface area contributed by atoms with Gasteiger partial charge >= 0.3 is 6.18 Å². The molecule has 35 heavy (non-hydrogen) atoms. The maximum Gasteiger partial charge on any atom is 0.401 e. The van der Waals surface area contributed by atoms with Gasteiger partial charge in [0.1, 0.15) is 5.69 Å². The third-order valence-corrected chi connectivity index (χ3v) is 8.19. The number of aryl methyl sites for hydroxylation is 2. The Morgan fingerprint density at radius 3 is 2.49 bits per heavy atom. The Balaban J connectivity index is 1.17. The molecular formula is C22H24F3N7OS2. The third kappa shape index (κ3) is 5.46. The van der Waals surface area contributed by atoms with Crippen molar-refractivity contribution in [2.24, 2.45) is 0 Å². The normalized spacial score (nSPS) is 22.4. The topological polar surface area (TPSA) is 95.9 Å². The summed E-state index contributed by atoms with van der Waals surface area (Å²) in [5.41, 5.74) is 1.95. The smallest absolute Gasteiger partial charge is 0.348 e. The molecule has 13 heteroatoms. The van der Waals surface area contributed by atoms with E-state index in [4.69, 9.17) is 0 Å². The van der Waals surface area contributed by atoms with E-state index in [9.17, 15) is 18.0 Å². The number of hydrogen-bond donors (Lipinski definition) is 2. The van der Waals surface area contributed by atoms with Crippen molar-refractivity contribution in [3.8, 4) is 10.6 Å². The van der Waals surface area contributed by atoms with Gasteiger partial charge in [-0.05, 0) is 39.5 Å². The lowest BCUT2D eigenvalue weighted by Gasteiger charge is -2.39. The zero-order chi connectivity index (χ0) is 24.7. The number of anilines is 2. The van der Waals surface area contributed by atoms with E-state index in [1.165, 1.54) is 23.7 Å². The van der Waals surface area contributed by atoms with Gasteiger partial charge in [-0.3, -0.25) is 9.69 Å². The van der Waals surface area contributed by atoms with Crippen molar-refractivity contribution in [2.75, 3.05) is 11.9 Å². The second kappa shape index (κ2) is 9.43. The molecule has 2 bridgehead atoms. The number of carbonyl (C=O) groups is 1. The molecule has 2 aliphatic rings. The Kier molecular flexibility index (Phi) is 6.49. The van der Waals surface area contributed by atoms with E-state index >= 15 is 0 Å². The average molecular weight is 524 g/mol. The summed E-state index contributed by atoms with van der Waals surface area (Å²) in [6.07, 6.45) is 1.13. The molecule has 2 fully saturated rings. The van der Waals surface area contributed by atoms with E-state index in [1.54, 1.807) is 16.2 Å². The highest BCUT2D eigenvalue weighted by Gasteiger charge is 2.45. The summed E-state index contributed by atoms with van der Waals surface area (Å²) in [6.45, 7) is 3.03. The Morgan fingerprint density at radius 2 is 1.89 bits per heavy atom. The molecule has 3 aromatic rings. The molecule has 8 nitrogen and oxygen atoms in total. The van der Waals surface area contributed by atoms with Crippen LogP contribution in [0, 0.1) is 13.8 Å². The largest absolute Gasteiger partial charge is 0.401 e. The number of aromatic nitrogens is 4. The molecule has 186 valence electrons. The number of nitrogens with zero attached hydrogens (tertiary/aromatic N) is 5. The zero-order valence-electron chi connectivity index (χ0n) is 19.1. The van der Waals surface area contributed by atoms with Crippen molar-refractivity contribution < 1.29 is 18.0 Å². The molecule has 1 amide bonds. The molecule has 2 saturated heterocycles. The van der Waals surface area contributed by atoms with Gasteiger partial charge in [0.15, 0.2) is 10.9 Å². The van der Waals surface area contributed by atoms with Crippen LogP contribution in [0.25, 0.3) is 10.6 Å². The predicted octanol–water partition coefficient (Wildman–Crippen LogP) is 4.70. The van der Waals surface area contributed by atoms with Gasteiger partial charge in [0.25, 0.3) is 5.91 Å². The molecule has 3 atom stereocenters. The molecule has 0 saturated carbocycles. The number of halogens is 3. The van der Waals surface area contributed by atoms with Crippen molar-refractivity contribution >= 4 is 39.5 Å². The number of alkyl halides is 3. The number of amides is 1. The molecule has 0 aliphatic carbocycles. The van der Waals surface area contributed by atoms with Crippen LogP contribution in [0.15, 0.2) is 17.8 Å². The van der Waals surface area contributed by atoms with Crippen LogP contribution in [0.1, 0.15) is 46.9 Å². The molecule has 2 unspecified atom stereocenters. The number of thiazole rings is 2. The van der Waals surface area contributed by atoms with E-state index in [1.807, 2.05) is 19.2 Å². The fraction of sp³-hybridized carbons (Fsp3) is 0.500. The molecule has 2 aliphatic heterocycles. The second-order valence-electron chi connectivity index (χ2n) is 8.91. The minimum Gasteiger partial charge on any atom is -0.348 e. The first-order chi connectivity index (χ1) is 16.6. The molecule has 5 rings (SSSR count). The second-order valence-corrected chi connectivity index (χ2v) is 11.0. The number of carbonyl (C=O) groups excluding carboxylic acids is 1. The standard InChI is InChI=1S/C22H24F3N7OS2/c1-11-19(35-12(2)28-11)17-9-34-21(30-17)31-18-8-26-16(7-27-18)20(33)29-13-5-14-3-4-15(6-13)32(14)10-22(23,24)25/h7-9,13-15H,3-6,10H2,1-2H3,(H,29,33)(H,27,30,31)/t13?,14-,15?/m1/s1. The predicted molar refractivity (Wildman–Crippen MR) is 128 cm³/mol. The quantitative estimate of drug-likeness (QED) is 0.483. The highest BCUT2D eigenvalue weighted by Crippen LogP contribution is 2.38. The van der Waals surface area contributed by atoms with Crippen LogP contribution in [0.5, 0.6) is 0 Å². The Morgan fingerprint density at radius 1 is 1.14 bits per heavy atom. The summed E-state index contributed by atoms with van der Waals surface area (Å²) in [4.78, 5) is 32.8. The third-order valence-electron chi connectivity index (χ3n) is 6.34. The molecule has 0 spiro atoms. The minimum atomic E-state index is -4.21. The monoisotopic (exact) mass is 523 g/mol. The number of rotatable bonds is 6. The molecule has 0 aromatic carbocycles. The minimum absolute atomic E-state index is 0.154. The van der Waals surface area contributed by atoms with Gasteiger partial charge in [0.05, 0.1) is 40.2 Å². The number of nitrogens with one attached hydrogen (secondary N) is 2. The van der Waals surface area contributed by atoms with Gasteiger partial charge in [-0.1, -0.05) is 0 Å². The van der Waals surface area contributed by atoms with Gasteiger partial charge in [-0.25, -0.2) is 19.9 Å². The van der Waals surface area contributed by atoms with Gasteiger partial charge in [-0.2, -0.15) is 13.2 Å². The lowest BCUT2D eigenvalue weighted by molar-refractivity contribution is -0.155. The highest BCUT2D eigenvalue weighted by atomic mass is 32.1. The van der Waals surface area contributed by atoms with Crippen LogP contribution in [-0.2, 0) is 0 Å². The van der Waals surface area contributed by atoms with E-state index in [0.717, 1.165) is 34.1 Å². The molecule has 2 N–H and O–H groups in total. The van der Waals surface area contributed by atoms with Crippen molar-refractivity contribution in [2.45, 2.75) is 63.8 Å². The zero-order valence-corrected chi connectivity index (χ0v) is 20.7. The Bertz CT molecular complexity index is 1200. The lowest BCUT2D eigenvalue weighted by atomic mass is 9.97.